The van der Waals surface area contributed by atoms with E-state index in [0.29, 0.717) is 12.8 Å². The van der Waals surface area contributed by atoms with Crippen molar-refractivity contribution in [1.82, 2.24) is 0 Å². The fraction of sp³-hybridized carbons (Fsp3) is 0.769. The minimum absolute atomic E-state index is 0.0699. The van der Waals surface area contributed by atoms with Crippen LogP contribution in [0.1, 0.15) is 239 Å². The van der Waals surface area contributed by atoms with Gasteiger partial charge in [0.15, 0.2) is 6.10 Å². The van der Waals surface area contributed by atoms with Crippen LogP contribution < -0.4 is 0 Å². The largest absolute Gasteiger partial charge is 0.462 e. The van der Waals surface area contributed by atoms with Crippen LogP contribution >= 0.6 is 0 Å². The number of hydrogen-bond acceptors (Lipinski definition) is 5. The number of hydrogen-bond donors (Lipinski definition) is 1. The van der Waals surface area contributed by atoms with Crippen LogP contribution in [0.3, 0.4) is 0 Å². The van der Waals surface area contributed by atoms with Crippen LogP contribution in [0, 0.1) is 0 Å². The predicted octanol–water partition coefficient (Wildman–Crippen LogP) is 15.9. The third kappa shape index (κ3) is 46.2. The van der Waals surface area contributed by atoms with Crippen LogP contribution in [-0.4, -0.2) is 36.4 Å². The molecule has 0 bridgehead atoms. The van der Waals surface area contributed by atoms with Gasteiger partial charge in [0.25, 0.3) is 0 Å². The molecule has 0 heterocycles. The Morgan fingerprint density at radius 2 is 0.754 bits per heavy atom. The highest BCUT2D eigenvalue weighted by Crippen LogP contribution is 2.15. The zero-order chi connectivity index (χ0) is 41.4. The van der Waals surface area contributed by atoms with Crippen LogP contribution in [-0.2, 0) is 19.1 Å². The Hall–Kier alpha value is -2.40. The molecular formula is C52H92O5. The Bertz CT molecular complexity index is 992. The molecule has 0 aliphatic heterocycles. The van der Waals surface area contributed by atoms with E-state index in [1.807, 2.05) is 0 Å². The predicted molar refractivity (Wildman–Crippen MR) is 247 cm³/mol. The van der Waals surface area contributed by atoms with E-state index in [1.54, 1.807) is 0 Å². The highest BCUT2D eigenvalue weighted by atomic mass is 16.6. The van der Waals surface area contributed by atoms with Crippen LogP contribution in [0.15, 0.2) is 60.8 Å². The lowest BCUT2D eigenvalue weighted by atomic mass is 10.0. The minimum Gasteiger partial charge on any atom is -0.462 e. The van der Waals surface area contributed by atoms with Crippen LogP contribution in [0.25, 0.3) is 0 Å². The molecule has 5 nitrogen and oxygen atoms in total. The van der Waals surface area contributed by atoms with Gasteiger partial charge in [-0.3, -0.25) is 9.59 Å². The molecule has 0 aliphatic rings. The molecule has 0 aromatic carbocycles. The molecule has 1 N–H and O–H groups in total. The fourth-order valence-electron chi connectivity index (χ4n) is 6.89. The summed E-state index contributed by atoms with van der Waals surface area (Å²) in [6.45, 7) is 4.03. The van der Waals surface area contributed by atoms with Gasteiger partial charge in [0.2, 0.25) is 0 Å². The maximum absolute atomic E-state index is 12.3. The van der Waals surface area contributed by atoms with Crippen molar-refractivity contribution in [1.29, 1.82) is 0 Å². The normalized spacial score (nSPS) is 12.7. The Morgan fingerprint density at radius 3 is 1.16 bits per heavy atom. The molecule has 0 saturated carbocycles. The van der Waals surface area contributed by atoms with E-state index >= 15 is 0 Å². The van der Waals surface area contributed by atoms with E-state index in [-0.39, 0.29) is 25.2 Å². The van der Waals surface area contributed by atoms with Crippen molar-refractivity contribution < 1.29 is 24.2 Å². The van der Waals surface area contributed by atoms with Crippen molar-refractivity contribution in [3.63, 3.8) is 0 Å². The van der Waals surface area contributed by atoms with Crippen LogP contribution in [0.4, 0.5) is 0 Å². The van der Waals surface area contributed by atoms with Gasteiger partial charge in [-0.15, -0.1) is 0 Å². The van der Waals surface area contributed by atoms with E-state index in [4.69, 9.17) is 9.47 Å². The second kappa shape index (κ2) is 48.0. The van der Waals surface area contributed by atoms with Gasteiger partial charge in [-0.25, -0.2) is 0 Å². The lowest BCUT2D eigenvalue weighted by Crippen LogP contribution is -2.28. The van der Waals surface area contributed by atoms with E-state index in [2.05, 4.69) is 74.6 Å². The number of aliphatic hydroxyl groups is 1. The topological polar surface area (TPSA) is 72.8 Å². The summed E-state index contributed by atoms with van der Waals surface area (Å²) in [6.07, 6.45) is 63.1. The van der Waals surface area contributed by atoms with E-state index in [0.717, 1.165) is 70.6 Å². The molecule has 1 unspecified atom stereocenters. The number of carbonyl (C=O) groups is 2. The standard InChI is InChI=1S/C52H92O5/c1-3-5-7-9-11-13-15-17-19-21-22-23-24-25-26-27-28-29-30-31-33-35-37-39-41-43-45-47-52(55)57-50(48-53)49-56-51(54)46-44-42-40-38-36-34-32-20-18-16-14-12-10-8-6-4-2/h5,7,11,13,17,19-20,22-23,32,50,53H,3-4,6,8-10,12,14-16,18,21,24-31,33-49H2,1-2H3/b7-5-,13-11-,19-17-,23-22-,32-20-. The lowest BCUT2D eigenvalue weighted by Gasteiger charge is -2.15. The van der Waals surface area contributed by atoms with Crippen molar-refractivity contribution in [2.24, 2.45) is 0 Å². The zero-order valence-corrected chi connectivity index (χ0v) is 37.6. The molecule has 0 saturated heterocycles. The van der Waals surface area contributed by atoms with Gasteiger partial charge in [0, 0.05) is 12.8 Å². The van der Waals surface area contributed by atoms with Gasteiger partial charge < -0.3 is 14.6 Å². The SMILES string of the molecule is CC/C=C\C/C=C\C/C=C\C/C=C\CCCCCCCCCCCCCCCCC(=O)OC(CO)COC(=O)CCCCCCC/C=C\CCCCCCCCC. The summed E-state index contributed by atoms with van der Waals surface area (Å²) >= 11 is 0. The Labute approximate surface area is 353 Å². The Kier molecular flexibility index (Phi) is 46.0. The Balaban J connectivity index is 3.50. The fourth-order valence-corrected chi connectivity index (χ4v) is 6.89. The summed E-state index contributed by atoms with van der Waals surface area (Å²) in [5.41, 5.74) is 0. The number of ether oxygens (including phenoxy) is 2. The highest BCUT2D eigenvalue weighted by molar-refractivity contribution is 5.70. The summed E-state index contributed by atoms with van der Waals surface area (Å²) in [5.74, 6) is -0.596. The maximum Gasteiger partial charge on any atom is 0.306 e. The van der Waals surface area contributed by atoms with Gasteiger partial charge in [-0.1, -0.05) is 209 Å². The summed E-state index contributed by atoms with van der Waals surface area (Å²) < 4.78 is 10.7. The van der Waals surface area contributed by atoms with Crippen molar-refractivity contribution in [3.05, 3.63) is 60.8 Å². The molecule has 0 rings (SSSR count). The monoisotopic (exact) mass is 797 g/mol. The number of esters is 2. The third-order valence-corrected chi connectivity index (χ3v) is 10.5. The molecular weight excluding hydrogens is 705 g/mol. The van der Waals surface area contributed by atoms with Gasteiger partial charge >= 0.3 is 11.9 Å². The number of rotatable bonds is 44. The van der Waals surface area contributed by atoms with Crippen molar-refractivity contribution in [2.45, 2.75) is 245 Å². The first-order valence-corrected chi connectivity index (χ1v) is 24.3. The molecule has 0 aromatic rings. The molecule has 0 spiro atoms. The molecule has 0 radical (unpaired) electrons. The number of carbonyl (C=O) groups excluding carboxylic acids is 2. The maximum atomic E-state index is 12.3. The van der Waals surface area contributed by atoms with Crippen molar-refractivity contribution >= 4 is 11.9 Å². The van der Waals surface area contributed by atoms with Gasteiger partial charge in [0.05, 0.1) is 6.61 Å². The molecule has 330 valence electrons. The van der Waals surface area contributed by atoms with Gasteiger partial charge in [-0.05, 0) is 77.0 Å². The van der Waals surface area contributed by atoms with E-state index in [1.165, 1.54) is 141 Å². The summed E-state index contributed by atoms with van der Waals surface area (Å²) in [4.78, 5) is 24.4. The highest BCUT2D eigenvalue weighted by Gasteiger charge is 2.16. The van der Waals surface area contributed by atoms with E-state index < -0.39 is 6.10 Å². The quantitative estimate of drug-likeness (QED) is 0.0378. The van der Waals surface area contributed by atoms with Crippen LogP contribution in [0.2, 0.25) is 0 Å². The molecule has 57 heavy (non-hydrogen) atoms. The Morgan fingerprint density at radius 1 is 0.421 bits per heavy atom. The number of unbranched alkanes of at least 4 members (excludes halogenated alkanes) is 26. The van der Waals surface area contributed by atoms with E-state index in [9.17, 15) is 14.7 Å². The minimum atomic E-state index is -0.776. The first-order chi connectivity index (χ1) is 28.1. The second-order valence-electron chi connectivity index (χ2n) is 16.2. The summed E-state index contributed by atoms with van der Waals surface area (Å²) in [6, 6.07) is 0. The zero-order valence-electron chi connectivity index (χ0n) is 37.6. The first-order valence-electron chi connectivity index (χ1n) is 24.3. The van der Waals surface area contributed by atoms with Crippen molar-refractivity contribution in [2.75, 3.05) is 13.2 Å². The molecule has 0 amide bonds. The number of aliphatic hydroxyl groups excluding tert-OH is 1. The molecule has 0 aliphatic carbocycles. The summed E-state index contributed by atoms with van der Waals surface area (Å²) in [5, 5.41) is 9.61. The van der Waals surface area contributed by atoms with Crippen LogP contribution in [0.5, 0.6) is 0 Å². The van der Waals surface area contributed by atoms with Gasteiger partial charge in [-0.2, -0.15) is 0 Å². The van der Waals surface area contributed by atoms with Crippen molar-refractivity contribution in [3.8, 4) is 0 Å². The summed E-state index contributed by atoms with van der Waals surface area (Å²) in [7, 11) is 0. The van der Waals surface area contributed by atoms with Gasteiger partial charge in [0.1, 0.15) is 6.61 Å². The average molecular weight is 797 g/mol. The first kappa shape index (κ1) is 54.6. The third-order valence-electron chi connectivity index (χ3n) is 10.5. The molecule has 1 atom stereocenters. The second-order valence-corrected chi connectivity index (χ2v) is 16.2. The molecule has 0 fully saturated rings. The number of allylic oxidation sites excluding steroid dienone is 10. The lowest BCUT2D eigenvalue weighted by molar-refractivity contribution is -0.161. The average Bonchev–Trinajstić information content (AvgIpc) is 3.21. The molecule has 5 heteroatoms. The smallest absolute Gasteiger partial charge is 0.306 e. The molecule has 0 aromatic heterocycles.